The highest BCUT2D eigenvalue weighted by molar-refractivity contribution is 7.92. The van der Waals surface area contributed by atoms with Crippen LogP contribution in [0.1, 0.15) is 60.7 Å². The zero-order valence-corrected chi connectivity index (χ0v) is 27.7. The van der Waals surface area contributed by atoms with Gasteiger partial charge in [-0.3, -0.25) is 19.3 Å². The van der Waals surface area contributed by atoms with Crippen molar-refractivity contribution in [2.24, 2.45) is 5.92 Å². The van der Waals surface area contributed by atoms with E-state index in [4.69, 9.17) is 9.47 Å². The molecule has 0 spiro atoms. The third-order valence-electron chi connectivity index (χ3n) is 8.09. The number of rotatable bonds is 8. The number of hydrogen-bond acceptors (Lipinski definition) is 8. The summed E-state index contributed by atoms with van der Waals surface area (Å²) in [6.45, 7) is 6.30. The number of carbonyl (C=O) groups is 2. The van der Waals surface area contributed by atoms with E-state index in [1.54, 1.807) is 78.6 Å². The number of hydrogen-bond donors (Lipinski definition) is 2. The molecule has 11 nitrogen and oxygen atoms in total. The maximum Gasteiger partial charge on any atom is 0.261 e. The summed E-state index contributed by atoms with van der Waals surface area (Å²) in [6.07, 6.45) is 4.81. The number of aliphatic hydroxyl groups is 1. The predicted octanol–water partition coefficient (Wildman–Crippen LogP) is 4.45. The first-order valence-corrected chi connectivity index (χ1v) is 17.1. The molecule has 0 bridgehead atoms. The fourth-order valence-electron chi connectivity index (χ4n) is 5.33. The molecule has 3 aromatic rings. The molecule has 1 aliphatic rings. The van der Waals surface area contributed by atoms with Gasteiger partial charge >= 0.3 is 0 Å². The van der Waals surface area contributed by atoms with Gasteiger partial charge in [-0.2, -0.15) is 0 Å². The fraction of sp³-hybridized carbons (Fsp3) is 0.441. The second-order valence-electron chi connectivity index (χ2n) is 11.9. The highest BCUT2D eigenvalue weighted by Gasteiger charge is 2.31. The molecule has 0 saturated heterocycles. The van der Waals surface area contributed by atoms with E-state index in [0.29, 0.717) is 30.9 Å². The molecule has 248 valence electrons. The zero-order chi connectivity index (χ0) is 33.3. The molecule has 0 unspecified atom stereocenters. The Bertz CT molecular complexity index is 1560. The normalized spacial score (nSPS) is 20.5. The minimum atomic E-state index is -3.91. The van der Waals surface area contributed by atoms with Crippen LogP contribution in [0.4, 0.5) is 5.69 Å². The molecule has 4 rings (SSSR count). The van der Waals surface area contributed by atoms with Crippen molar-refractivity contribution in [3.63, 3.8) is 0 Å². The minimum absolute atomic E-state index is 0.0917. The summed E-state index contributed by atoms with van der Waals surface area (Å²) in [5.74, 6) is -0.500. The van der Waals surface area contributed by atoms with Crippen LogP contribution in [-0.4, -0.2) is 91.7 Å². The van der Waals surface area contributed by atoms with Crippen LogP contribution in [0.15, 0.2) is 78.0 Å². The molecule has 2 aromatic carbocycles. The minimum Gasteiger partial charge on any atom is -0.490 e. The smallest absolute Gasteiger partial charge is 0.261 e. The second kappa shape index (κ2) is 16.0. The van der Waals surface area contributed by atoms with Crippen molar-refractivity contribution in [1.29, 1.82) is 0 Å². The van der Waals surface area contributed by atoms with Crippen LogP contribution >= 0.6 is 0 Å². The third-order valence-corrected chi connectivity index (χ3v) is 9.48. The molecule has 46 heavy (non-hydrogen) atoms. The van der Waals surface area contributed by atoms with Gasteiger partial charge in [0.15, 0.2) is 0 Å². The van der Waals surface area contributed by atoms with E-state index in [1.807, 2.05) is 13.8 Å². The lowest BCUT2D eigenvalue weighted by Crippen LogP contribution is -2.48. The monoisotopic (exact) mass is 652 g/mol. The van der Waals surface area contributed by atoms with E-state index in [1.165, 1.54) is 18.2 Å². The van der Waals surface area contributed by atoms with Crippen LogP contribution in [0.3, 0.4) is 0 Å². The summed E-state index contributed by atoms with van der Waals surface area (Å²) in [6, 6.07) is 15.4. The van der Waals surface area contributed by atoms with Crippen molar-refractivity contribution in [3.8, 4) is 5.75 Å². The summed E-state index contributed by atoms with van der Waals surface area (Å²) in [4.78, 5) is 34.7. The van der Waals surface area contributed by atoms with Gasteiger partial charge in [0.2, 0.25) is 0 Å². The number of fused-ring (bicyclic) bond motifs is 1. The van der Waals surface area contributed by atoms with Crippen molar-refractivity contribution in [3.05, 3.63) is 84.2 Å². The highest BCUT2D eigenvalue weighted by atomic mass is 32.2. The van der Waals surface area contributed by atoms with Crippen LogP contribution < -0.4 is 9.46 Å². The van der Waals surface area contributed by atoms with E-state index in [-0.39, 0.29) is 47.2 Å². The molecule has 0 radical (unpaired) electrons. The lowest BCUT2D eigenvalue weighted by Gasteiger charge is -2.36. The Hall–Kier alpha value is -4.00. The van der Waals surface area contributed by atoms with Crippen LogP contribution in [0, 0.1) is 5.92 Å². The van der Waals surface area contributed by atoms with Crippen LogP contribution in [0.25, 0.3) is 0 Å². The van der Waals surface area contributed by atoms with Gasteiger partial charge in [-0.15, -0.1) is 0 Å². The van der Waals surface area contributed by atoms with E-state index in [9.17, 15) is 23.1 Å². The van der Waals surface area contributed by atoms with Gasteiger partial charge in [0, 0.05) is 56.3 Å². The van der Waals surface area contributed by atoms with Gasteiger partial charge < -0.3 is 24.4 Å². The number of nitrogens with one attached hydrogen (secondary N) is 1. The Morgan fingerprint density at radius 1 is 1.11 bits per heavy atom. The molecule has 1 aliphatic heterocycles. The van der Waals surface area contributed by atoms with Gasteiger partial charge in [-0.25, -0.2) is 8.42 Å². The number of amides is 2. The van der Waals surface area contributed by atoms with Gasteiger partial charge in [-0.1, -0.05) is 25.1 Å². The molecule has 12 heteroatoms. The number of anilines is 1. The number of likely N-dealkylation sites (N-methyl/N-ethyl adjacent to an activating group) is 1. The number of aromatic nitrogens is 1. The summed E-state index contributed by atoms with van der Waals surface area (Å²) in [7, 11) is -2.20. The lowest BCUT2D eigenvalue weighted by molar-refractivity contribution is -0.0149. The number of aliphatic hydroxyl groups excluding tert-OH is 1. The molecular weight excluding hydrogens is 608 g/mol. The summed E-state index contributed by atoms with van der Waals surface area (Å²) >= 11 is 0. The van der Waals surface area contributed by atoms with Gasteiger partial charge in [-0.05, 0) is 75.6 Å². The molecule has 2 heterocycles. The Morgan fingerprint density at radius 3 is 2.52 bits per heavy atom. The Balaban J connectivity index is 1.66. The molecule has 1 aromatic heterocycles. The van der Waals surface area contributed by atoms with E-state index >= 15 is 0 Å². The average molecular weight is 653 g/mol. The Kier molecular flexibility index (Phi) is 12.1. The SMILES string of the molecule is C[C@@H]1CCCCO[C@@H](CN(C)C(=O)c2ccncc2)[C@H](C)CN([C@H](C)CO)C(=O)c2cc(NS(=O)(=O)c3ccccc3)ccc2O1. The molecule has 2 amide bonds. The van der Waals surface area contributed by atoms with Crippen molar-refractivity contribution in [2.75, 3.05) is 38.1 Å². The van der Waals surface area contributed by atoms with Gasteiger partial charge in [0.1, 0.15) is 5.75 Å². The number of nitrogens with zero attached hydrogens (tertiary/aromatic N) is 3. The molecule has 0 aliphatic carbocycles. The fourth-order valence-corrected chi connectivity index (χ4v) is 6.40. The Labute approximate surface area is 271 Å². The molecular formula is C34H44N4O7S. The van der Waals surface area contributed by atoms with Crippen LogP contribution in [0.2, 0.25) is 0 Å². The first-order chi connectivity index (χ1) is 22.0. The van der Waals surface area contributed by atoms with E-state index in [0.717, 1.165) is 12.8 Å². The van der Waals surface area contributed by atoms with Gasteiger partial charge in [0.05, 0.1) is 35.3 Å². The highest BCUT2D eigenvalue weighted by Crippen LogP contribution is 2.29. The second-order valence-corrected chi connectivity index (χ2v) is 13.5. The van der Waals surface area contributed by atoms with Crippen LogP contribution in [-0.2, 0) is 14.8 Å². The van der Waals surface area contributed by atoms with Crippen molar-refractivity contribution in [2.45, 2.75) is 63.2 Å². The number of carbonyl (C=O) groups excluding carboxylic acids is 2. The van der Waals surface area contributed by atoms with Crippen LogP contribution in [0.5, 0.6) is 5.75 Å². The molecule has 4 atom stereocenters. The van der Waals surface area contributed by atoms with Crippen molar-refractivity contribution >= 4 is 27.5 Å². The molecule has 0 saturated carbocycles. The van der Waals surface area contributed by atoms with Gasteiger partial charge in [0.25, 0.3) is 21.8 Å². The van der Waals surface area contributed by atoms with Crippen molar-refractivity contribution < 1.29 is 32.6 Å². The largest absolute Gasteiger partial charge is 0.490 e. The zero-order valence-electron chi connectivity index (χ0n) is 26.8. The Morgan fingerprint density at radius 2 is 1.83 bits per heavy atom. The number of pyridine rings is 1. The van der Waals surface area contributed by atoms with E-state index in [2.05, 4.69) is 9.71 Å². The first kappa shape index (κ1) is 34.9. The maximum atomic E-state index is 14.3. The summed E-state index contributed by atoms with van der Waals surface area (Å²) < 4.78 is 41.3. The lowest BCUT2D eigenvalue weighted by atomic mass is 10.0. The molecule has 2 N–H and O–H groups in total. The number of ether oxygens (including phenoxy) is 2. The summed E-state index contributed by atoms with van der Waals surface area (Å²) in [5, 5.41) is 10.2. The number of benzene rings is 2. The third kappa shape index (κ3) is 9.05. The standard InChI is InChI=1S/C34H44N4O7S/c1-24-21-38(25(2)23-39)34(41)30-20-28(36-46(42,43)29-11-6-5-7-12-29)13-14-31(30)45-26(3)10-8-9-19-44-32(24)22-37(4)33(40)27-15-17-35-18-16-27/h5-7,11-18,20,24-26,32,36,39H,8-10,19,21-23H2,1-4H3/t24-,25-,26-,32+/m1/s1. The average Bonchev–Trinajstić information content (AvgIpc) is 3.06. The topological polar surface area (TPSA) is 138 Å². The molecule has 0 fully saturated rings. The maximum absolute atomic E-state index is 14.3. The summed E-state index contributed by atoms with van der Waals surface area (Å²) in [5.41, 5.74) is 0.892. The first-order valence-electron chi connectivity index (χ1n) is 15.6. The quantitative estimate of drug-likeness (QED) is 0.364. The van der Waals surface area contributed by atoms with E-state index < -0.39 is 28.1 Å². The predicted molar refractivity (Wildman–Crippen MR) is 175 cm³/mol. The van der Waals surface area contributed by atoms with Crippen molar-refractivity contribution in [1.82, 2.24) is 14.8 Å². The number of sulfonamides is 1.